The number of aliphatic hydroxyl groups excluding tert-OH is 2. The number of aromatic nitrogens is 5. The van der Waals surface area contributed by atoms with Gasteiger partial charge in [-0.25, -0.2) is 15.0 Å². The maximum atomic E-state index is 12.1. The molecule has 36 heavy (non-hydrogen) atoms. The first-order chi connectivity index (χ1) is 17.4. The lowest BCUT2D eigenvalue weighted by Crippen LogP contribution is -2.41. The molecule has 4 atom stereocenters. The minimum Gasteiger partial charge on any atom is -0.387 e. The number of fused-ring (bicyclic) bond motifs is 1. The second-order valence-electron chi connectivity index (χ2n) is 8.14. The molecule has 1 amide bonds. The molecular formula is C23H21BrClN7O4. The molecule has 186 valence electrons. The highest BCUT2D eigenvalue weighted by Gasteiger charge is 2.47. The van der Waals surface area contributed by atoms with Gasteiger partial charge in [0.25, 0.3) is 5.91 Å². The van der Waals surface area contributed by atoms with Gasteiger partial charge in [0.15, 0.2) is 35.1 Å². The summed E-state index contributed by atoms with van der Waals surface area (Å²) >= 11 is 9.62. The predicted molar refractivity (Wildman–Crippen MR) is 135 cm³/mol. The number of benzene rings is 1. The van der Waals surface area contributed by atoms with E-state index in [1.54, 1.807) is 12.3 Å². The monoisotopic (exact) mass is 573 g/mol. The molecule has 0 spiro atoms. The SMILES string of the molecule is CNC(=O)[C@@H]1OC(n2cnc3c(NCc4cccc(Br)c4)nc(-c4cncc(Cl)c4)nc32)C(O)C1O. The number of imidazole rings is 1. The van der Waals surface area contributed by atoms with E-state index in [-0.39, 0.29) is 0 Å². The van der Waals surface area contributed by atoms with Crippen LogP contribution in [0, 0.1) is 0 Å². The second-order valence-corrected chi connectivity index (χ2v) is 9.49. The summed E-state index contributed by atoms with van der Waals surface area (Å²) in [5, 5.41) is 27.2. The molecule has 0 radical (unpaired) electrons. The predicted octanol–water partition coefficient (Wildman–Crippen LogP) is 2.28. The Balaban J connectivity index is 1.58. The van der Waals surface area contributed by atoms with Crippen molar-refractivity contribution in [3.63, 3.8) is 0 Å². The molecule has 3 unspecified atom stereocenters. The highest BCUT2D eigenvalue weighted by Crippen LogP contribution is 2.34. The number of likely N-dealkylation sites (N-methyl/N-ethyl adjacent to an activating group) is 1. The normalized spacial score (nSPS) is 21.6. The minimum atomic E-state index is -1.43. The average Bonchev–Trinajstić information content (AvgIpc) is 3.43. The molecular weight excluding hydrogens is 554 g/mol. The van der Waals surface area contributed by atoms with Crippen LogP contribution in [0.2, 0.25) is 5.02 Å². The number of pyridine rings is 1. The second kappa shape index (κ2) is 10.1. The van der Waals surface area contributed by atoms with Gasteiger partial charge < -0.3 is 25.6 Å². The molecule has 11 nitrogen and oxygen atoms in total. The van der Waals surface area contributed by atoms with Gasteiger partial charge in [-0.1, -0.05) is 39.7 Å². The third kappa shape index (κ3) is 4.65. The van der Waals surface area contributed by atoms with Crippen LogP contribution in [-0.4, -0.2) is 66.0 Å². The molecule has 3 aromatic heterocycles. The fourth-order valence-corrected chi connectivity index (χ4v) is 4.59. The van der Waals surface area contributed by atoms with Gasteiger partial charge in [-0.3, -0.25) is 14.3 Å². The zero-order valence-corrected chi connectivity index (χ0v) is 21.2. The van der Waals surface area contributed by atoms with E-state index in [4.69, 9.17) is 16.3 Å². The molecule has 0 bridgehead atoms. The van der Waals surface area contributed by atoms with Gasteiger partial charge >= 0.3 is 0 Å². The summed E-state index contributed by atoms with van der Waals surface area (Å²) in [4.78, 5) is 30.0. The Morgan fingerprint density at radius 2 is 2.06 bits per heavy atom. The zero-order valence-electron chi connectivity index (χ0n) is 18.8. The van der Waals surface area contributed by atoms with E-state index >= 15 is 0 Å². The lowest BCUT2D eigenvalue weighted by atomic mass is 10.1. The zero-order chi connectivity index (χ0) is 25.4. The number of halogens is 2. The van der Waals surface area contributed by atoms with E-state index in [0.717, 1.165) is 10.0 Å². The van der Waals surface area contributed by atoms with Crippen LogP contribution < -0.4 is 10.6 Å². The number of nitrogens with zero attached hydrogens (tertiary/aromatic N) is 5. The van der Waals surface area contributed by atoms with Crippen molar-refractivity contribution in [2.24, 2.45) is 0 Å². The average molecular weight is 575 g/mol. The van der Waals surface area contributed by atoms with Crippen LogP contribution in [0.4, 0.5) is 5.82 Å². The summed E-state index contributed by atoms with van der Waals surface area (Å²) in [6.07, 6.45) is -0.669. The van der Waals surface area contributed by atoms with Crippen LogP contribution in [0.5, 0.6) is 0 Å². The van der Waals surface area contributed by atoms with Crippen molar-refractivity contribution < 1.29 is 19.7 Å². The number of carbonyl (C=O) groups is 1. The molecule has 0 aliphatic carbocycles. The van der Waals surface area contributed by atoms with Crippen molar-refractivity contribution in [2.75, 3.05) is 12.4 Å². The summed E-state index contributed by atoms with van der Waals surface area (Å²) in [6.45, 7) is 0.450. The Bertz CT molecular complexity index is 1430. The van der Waals surface area contributed by atoms with Crippen LogP contribution in [-0.2, 0) is 16.1 Å². The van der Waals surface area contributed by atoms with Crippen molar-refractivity contribution in [2.45, 2.75) is 31.1 Å². The van der Waals surface area contributed by atoms with E-state index in [2.05, 4.69) is 46.5 Å². The third-order valence-corrected chi connectivity index (χ3v) is 6.45. The van der Waals surface area contributed by atoms with Gasteiger partial charge in [0.2, 0.25) is 0 Å². The van der Waals surface area contributed by atoms with Crippen molar-refractivity contribution in [3.8, 4) is 11.4 Å². The molecule has 4 aromatic rings. The minimum absolute atomic E-state index is 0.312. The lowest BCUT2D eigenvalue weighted by Gasteiger charge is -2.17. The molecule has 4 heterocycles. The molecule has 5 rings (SSSR count). The summed E-state index contributed by atoms with van der Waals surface area (Å²) in [7, 11) is 1.42. The number of carbonyl (C=O) groups excluding carboxylic acids is 1. The van der Waals surface area contributed by atoms with Crippen molar-refractivity contribution >= 4 is 50.4 Å². The number of hydrogen-bond donors (Lipinski definition) is 4. The molecule has 1 fully saturated rings. The lowest BCUT2D eigenvalue weighted by molar-refractivity contribution is -0.137. The summed E-state index contributed by atoms with van der Waals surface area (Å²) < 4.78 is 8.15. The van der Waals surface area contributed by atoms with Crippen LogP contribution in [0.15, 0.2) is 53.5 Å². The topological polar surface area (TPSA) is 147 Å². The standard InChI is InChI=1S/C23H21BrClN7O4/c1-26-22(35)18-16(33)17(34)23(36-18)32-10-29-15-20(28-7-11-3-2-4-13(24)5-11)30-19(31-21(15)32)12-6-14(25)9-27-8-12/h2-6,8-10,16-18,23,33-34H,7H2,1H3,(H,26,35)(H,28,30,31)/t16?,17?,18-,23?/m1/s1. The molecule has 13 heteroatoms. The molecule has 0 saturated carbocycles. The molecule has 1 aliphatic rings. The summed E-state index contributed by atoms with van der Waals surface area (Å²) in [5.74, 6) is 0.196. The van der Waals surface area contributed by atoms with Crippen LogP contribution >= 0.6 is 27.5 Å². The molecule has 4 N–H and O–H groups in total. The number of aliphatic hydroxyl groups is 2. The largest absolute Gasteiger partial charge is 0.387 e. The Labute approximate surface area is 218 Å². The number of nitrogens with one attached hydrogen (secondary N) is 2. The molecule has 1 aliphatic heterocycles. The van der Waals surface area contributed by atoms with Gasteiger partial charge in [-0.15, -0.1) is 0 Å². The number of rotatable bonds is 6. The molecule has 1 saturated heterocycles. The van der Waals surface area contributed by atoms with Gasteiger partial charge in [0.1, 0.15) is 12.2 Å². The highest BCUT2D eigenvalue weighted by molar-refractivity contribution is 9.10. The van der Waals surface area contributed by atoms with E-state index < -0.39 is 30.4 Å². The van der Waals surface area contributed by atoms with E-state index in [0.29, 0.717) is 39.9 Å². The number of ether oxygens (including phenoxy) is 1. The quantitative estimate of drug-likeness (QED) is 0.272. The Hall–Kier alpha value is -3.16. The maximum absolute atomic E-state index is 12.1. The van der Waals surface area contributed by atoms with Gasteiger partial charge in [0, 0.05) is 36.0 Å². The van der Waals surface area contributed by atoms with Gasteiger partial charge in [-0.2, -0.15) is 0 Å². The number of hydrogen-bond acceptors (Lipinski definition) is 9. The smallest absolute Gasteiger partial charge is 0.251 e. The number of amides is 1. The molecule has 1 aromatic carbocycles. The van der Waals surface area contributed by atoms with Crippen molar-refractivity contribution in [1.82, 2.24) is 29.8 Å². The number of anilines is 1. The fourth-order valence-electron chi connectivity index (χ4n) is 3.97. The highest BCUT2D eigenvalue weighted by atomic mass is 79.9. The van der Waals surface area contributed by atoms with E-state index in [9.17, 15) is 15.0 Å². The third-order valence-electron chi connectivity index (χ3n) is 5.75. The van der Waals surface area contributed by atoms with E-state index in [1.807, 2.05) is 24.3 Å². The first kappa shape index (κ1) is 24.5. The first-order valence-electron chi connectivity index (χ1n) is 10.9. The van der Waals surface area contributed by atoms with Crippen LogP contribution in [0.3, 0.4) is 0 Å². The maximum Gasteiger partial charge on any atom is 0.251 e. The fraction of sp³-hybridized carbons (Fsp3) is 0.261. The Kier molecular flexibility index (Phi) is 6.86. The Morgan fingerprint density at radius 1 is 1.22 bits per heavy atom. The summed E-state index contributed by atoms with van der Waals surface area (Å²) in [5.41, 5.74) is 2.31. The van der Waals surface area contributed by atoms with E-state index in [1.165, 1.54) is 24.1 Å². The summed E-state index contributed by atoms with van der Waals surface area (Å²) in [6, 6.07) is 9.50. The van der Waals surface area contributed by atoms with Crippen molar-refractivity contribution in [1.29, 1.82) is 0 Å². The Morgan fingerprint density at radius 3 is 2.81 bits per heavy atom. The van der Waals surface area contributed by atoms with Crippen LogP contribution in [0.25, 0.3) is 22.6 Å². The van der Waals surface area contributed by atoms with Gasteiger partial charge in [-0.05, 0) is 23.8 Å². The van der Waals surface area contributed by atoms with Gasteiger partial charge in [0.05, 0.1) is 11.3 Å². The van der Waals surface area contributed by atoms with Crippen LogP contribution in [0.1, 0.15) is 11.8 Å². The first-order valence-corrected chi connectivity index (χ1v) is 12.1. The van der Waals surface area contributed by atoms with Crippen molar-refractivity contribution in [3.05, 3.63) is 64.1 Å².